The van der Waals surface area contributed by atoms with E-state index in [0.717, 1.165) is 0 Å². The number of nitrogens with two attached hydrogens (primary N) is 1. The maximum Gasteiger partial charge on any atom is 0.224 e. The summed E-state index contributed by atoms with van der Waals surface area (Å²) in [4.78, 5) is 14.9. The van der Waals surface area contributed by atoms with E-state index in [9.17, 15) is 9.90 Å². The third kappa shape index (κ3) is 2.54. The Kier molecular flexibility index (Phi) is 2.97. The van der Waals surface area contributed by atoms with E-state index in [1.807, 2.05) is 0 Å². The first-order valence-corrected chi connectivity index (χ1v) is 5.69. The summed E-state index contributed by atoms with van der Waals surface area (Å²) in [6.07, 6.45) is 0.0868. The molecule has 1 amide bonds. The van der Waals surface area contributed by atoms with Crippen LogP contribution in [0.3, 0.4) is 0 Å². The van der Waals surface area contributed by atoms with E-state index >= 15 is 0 Å². The molecule has 0 atom stereocenters. The number of thiazole rings is 1. The quantitative estimate of drug-likeness (QED) is 0.763. The Bertz CT molecular complexity index is 566. The lowest BCUT2D eigenvalue weighted by Crippen LogP contribution is -2.13. The van der Waals surface area contributed by atoms with E-state index in [1.165, 1.54) is 23.5 Å². The van der Waals surface area contributed by atoms with Gasteiger partial charge in [-0.15, -0.1) is 11.3 Å². The summed E-state index contributed by atoms with van der Waals surface area (Å²) in [5.41, 5.74) is 6.14. The van der Waals surface area contributed by atoms with E-state index in [4.69, 9.17) is 10.8 Å². The highest BCUT2D eigenvalue weighted by atomic mass is 32.1. The van der Waals surface area contributed by atoms with Gasteiger partial charge in [0.05, 0.1) is 12.1 Å². The van der Waals surface area contributed by atoms with Crippen molar-refractivity contribution in [1.82, 2.24) is 4.98 Å². The number of aromatic nitrogens is 1. The minimum Gasteiger partial charge on any atom is -0.508 e. The molecule has 0 saturated carbocycles. The second-order valence-electron chi connectivity index (χ2n) is 3.47. The number of benzene rings is 1. The summed E-state index contributed by atoms with van der Waals surface area (Å²) >= 11 is 1.30. The standard InChI is InChI=1S/C11H10N2O3S/c12-10(16)4-11-13-8(5-17-11)7-2-1-6(14)3-9(7)15/h1-3,5,14-15H,4H2,(H2,12,16). The number of hydrogen-bond acceptors (Lipinski definition) is 5. The molecule has 2 rings (SSSR count). The second kappa shape index (κ2) is 4.42. The van der Waals surface area contributed by atoms with Crippen molar-refractivity contribution in [2.75, 3.05) is 0 Å². The molecule has 6 heteroatoms. The van der Waals surface area contributed by atoms with Crippen LogP contribution in [0.1, 0.15) is 5.01 Å². The van der Waals surface area contributed by atoms with E-state index in [-0.39, 0.29) is 17.9 Å². The molecule has 88 valence electrons. The molecule has 0 saturated heterocycles. The second-order valence-corrected chi connectivity index (χ2v) is 4.41. The fourth-order valence-electron chi connectivity index (χ4n) is 1.40. The van der Waals surface area contributed by atoms with E-state index in [0.29, 0.717) is 16.3 Å². The Labute approximate surface area is 101 Å². The van der Waals surface area contributed by atoms with Crippen LogP contribution in [0, 0.1) is 0 Å². The van der Waals surface area contributed by atoms with Crippen molar-refractivity contribution in [3.05, 3.63) is 28.6 Å². The number of primary amides is 1. The van der Waals surface area contributed by atoms with Gasteiger partial charge in [0.25, 0.3) is 0 Å². The van der Waals surface area contributed by atoms with Crippen LogP contribution in [0.25, 0.3) is 11.3 Å². The summed E-state index contributed by atoms with van der Waals surface area (Å²) in [7, 11) is 0. The molecule has 0 aliphatic carbocycles. The van der Waals surface area contributed by atoms with Crippen LogP contribution in [0.5, 0.6) is 11.5 Å². The maximum atomic E-state index is 10.7. The van der Waals surface area contributed by atoms with Crippen molar-refractivity contribution >= 4 is 17.2 Å². The number of nitrogens with zero attached hydrogens (tertiary/aromatic N) is 1. The lowest BCUT2D eigenvalue weighted by Gasteiger charge is -2.01. The van der Waals surface area contributed by atoms with Gasteiger partial charge in [0, 0.05) is 17.0 Å². The predicted molar refractivity (Wildman–Crippen MR) is 63.8 cm³/mol. The van der Waals surface area contributed by atoms with Crippen LogP contribution >= 0.6 is 11.3 Å². The molecule has 0 radical (unpaired) electrons. The number of phenolic OH excluding ortho intramolecular Hbond substituents is 2. The molecule has 1 aromatic heterocycles. The highest BCUT2D eigenvalue weighted by Gasteiger charge is 2.10. The van der Waals surface area contributed by atoms with Gasteiger partial charge in [-0.25, -0.2) is 4.98 Å². The summed E-state index contributed by atoms with van der Waals surface area (Å²) < 4.78 is 0. The zero-order valence-electron chi connectivity index (χ0n) is 8.75. The van der Waals surface area contributed by atoms with Gasteiger partial charge < -0.3 is 15.9 Å². The zero-order valence-corrected chi connectivity index (χ0v) is 9.57. The molecule has 5 nitrogen and oxygen atoms in total. The Morgan fingerprint density at radius 3 is 2.82 bits per heavy atom. The average Bonchev–Trinajstić information content (AvgIpc) is 2.65. The monoisotopic (exact) mass is 250 g/mol. The molecule has 1 heterocycles. The summed E-state index contributed by atoms with van der Waals surface area (Å²) in [5.74, 6) is -0.513. The Balaban J connectivity index is 2.33. The fourth-order valence-corrected chi connectivity index (χ4v) is 2.21. The lowest BCUT2D eigenvalue weighted by molar-refractivity contribution is -0.117. The van der Waals surface area contributed by atoms with Crippen LogP contribution in [-0.2, 0) is 11.2 Å². The van der Waals surface area contributed by atoms with Gasteiger partial charge >= 0.3 is 0 Å². The van der Waals surface area contributed by atoms with E-state index in [2.05, 4.69) is 4.98 Å². The van der Waals surface area contributed by atoms with Gasteiger partial charge in [-0.05, 0) is 12.1 Å². The normalized spacial score (nSPS) is 10.4. The summed E-state index contributed by atoms with van der Waals surface area (Å²) in [6.45, 7) is 0. The smallest absolute Gasteiger partial charge is 0.224 e. The Morgan fingerprint density at radius 1 is 1.41 bits per heavy atom. The van der Waals surface area contributed by atoms with Crippen molar-refractivity contribution in [2.45, 2.75) is 6.42 Å². The molecule has 0 bridgehead atoms. The molecule has 2 aromatic rings. The first-order chi connectivity index (χ1) is 8.06. The van der Waals surface area contributed by atoms with Gasteiger partial charge in [-0.3, -0.25) is 4.79 Å². The average molecular weight is 250 g/mol. The first-order valence-electron chi connectivity index (χ1n) is 4.81. The number of carbonyl (C=O) groups excluding carboxylic acids is 1. The molecule has 4 N–H and O–H groups in total. The molecule has 0 fully saturated rings. The number of hydrogen-bond donors (Lipinski definition) is 3. The lowest BCUT2D eigenvalue weighted by atomic mass is 10.1. The molecule has 0 spiro atoms. The number of carbonyl (C=O) groups is 1. The van der Waals surface area contributed by atoms with E-state index in [1.54, 1.807) is 11.4 Å². The largest absolute Gasteiger partial charge is 0.508 e. The van der Waals surface area contributed by atoms with Crippen molar-refractivity contribution < 1.29 is 15.0 Å². The van der Waals surface area contributed by atoms with Gasteiger partial charge in [0.2, 0.25) is 5.91 Å². The number of phenols is 2. The molecule has 17 heavy (non-hydrogen) atoms. The van der Waals surface area contributed by atoms with Crippen LogP contribution in [0.4, 0.5) is 0 Å². The molecule has 0 unspecified atom stereocenters. The van der Waals surface area contributed by atoms with Gasteiger partial charge in [0.1, 0.15) is 16.5 Å². The number of amides is 1. The van der Waals surface area contributed by atoms with Gasteiger partial charge in [-0.1, -0.05) is 0 Å². The van der Waals surface area contributed by atoms with Crippen LogP contribution < -0.4 is 5.73 Å². The first kappa shape index (κ1) is 11.4. The minimum absolute atomic E-state index is 0.0150. The molecular formula is C11H10N2O3S. The molecule has 1 aromatic carbocycles. The summed E-state index contributed by atoms with van der Waals surface area (Å²) in [6, 6.07) is 4.26. The fraction of sp³-hybridized carbons (Fsp3) is 0.0909. The topological polar surface area (TPSA) is 96.4 Å². The Morgan fingerprint density at radius 2 is 2.18 bits per heavy atom. The Hall–Kier alpha value is -2.08. The SMILES string of the molecule is NC(=O)Cc1nc(-c2ccc(O)cc2O)cs1. The van der Waals surface area contributed by atoms with Crippen molar-refractivity contribution in [3.63, 3.8) is 0 Å². The molecular weight excluding hydrogens is 240 g/mol. The third-order valence-corrected chi connectivity index (χ3v) is 2.98. The van der Waals surface area contributed by atoms with Crippen LogP contribution in [0.15, 0.2) is 23.6 Å². The van der Waals surface area contributed by atoms with Gasteiger partial charge in [-0.2, -0.15) is 0 Å². The summed E-state index contributed by atoms with van der Waals surface area (Å²) in [5, 5.41) is 21.1. The van der Waals surface area contributed by atoms with Crippen LogP contribution in [0.2, 0.25) is 0 Å². The van der Waals surface area contributed by atoms with Gasteiger partial charge in [0.15, 0.2) is 0 Å². The maximum absolute atomic E-state index is 10.7. The van der Waals surface area contributed by atoms with E-state index < -0.39 is 5.91 Å². The number of aromatic hydroxyl groups is 2. The highest BCUT2D eigenvalue weighted by molar-refractivity contribution is 7.10. The van der Waals surface area contributed by atoms with Crippen molar-refractivity contribution in [1.29, 1.82) is 0 Å². The molecule has 0 aliphatic rings. The van der Waals surface area contributed by atoms with Crippen molar-refractivity contribution in [3.8, 4) is 22.8 Å². The minimum atomic E-state index is -0.444. The predicted octanol–water partition coefficient (Wildman–Crippen LogP) is 1.25. The van der Waals surface area contributed by atoms with Crippen LogP contribution in [-0.4, -0.2) is 21.1 Å². The van der Waals surface area contributed by atoms with Crippen molar-refractivity contribution in [2.24, 2.45) is 5.73 Å². The molecule has 0 aliphatic heterocycles. The zero-order chi connectivity index (χ0) is 12.4. The highest BCUT2D eigenvalue weighted by Crippen LogP contribution is 2.32. The number of rotatable bonds is 3. The third-order valence-electron chi connectivity index (χ3n) is 2.13.